The number of fused-ring (bicyclic) bond motifs is 1. The summed E-state index contributed by atoms with van der Waals surface area (Å²) in [6, 6.07) is 9.02. The topological polar surface area (TPSA) is 133 Å². The molecule has 3 aromatic heterocycles. The standard InChI is InChI=1S/C24H19F2N7O4/c1-15(24(35,12-30-14-27-13-28-30)19-7-4-17(25)10-20(19)26)31-9-8-22-29-21(11-32(22)23(31)34)16-2-5-18(6-3-16)33(36)37/h2-11,13-15,35H,12H2,1H3. The van der Waals surface area contributed by atoms with Crippen LogP contribution in [0.25, 0.3) is 16.9 Å². The zero-order valence-corrected chi connectivity index (χ0v) is 19.3. The minimum Gasteiger partial charge on any atom is -0.381 e. The molecule has 2 aromatic carbocycles. The van der Waals surface area contributed by atoms with Crippen molar-refractivity contribution in [2.24, 2.45) is 0 Å². The number of rotatable bonds is 7. The molecule has 5 aromatic rings. The van der Waals surface area contributed by atoms with E-state index in [-0.39, 0.29) is 17.8 Å². The second-order valence-corrected chi connectivity index (χ2v) is 8.48. The number of benzene rings is 2. The first-order valence-electron chi connectivity index (χ1n) is 11.0. The lowest BCUT2D eigenvalue weighted by Crippen LogP contribution is -2.44. The molecule has 3 heterocycles. The van der Waals surface area contributed by atoms with E-state index in [1.54, 1.807) is 6.07 Å². The van der Waals surface area contributed by atoms with Crippen LogP contribution in [-0.4, -0.2) is 38.7 Å². The number of hydrogen-bond donors (Lipinski definition) is 1. The quantitative estimate of drug-likeness (QED) is 0.264. The summed E-state index contributed by atoms with van der Waals surface area (Å²) < 4.78 is 32.3. The highest BCUT2D eigenvalue weighted by Crippen LogP contribution is 2.36. The van der Waals surface area contributed by atoms with Crippen LogP contribution in [0.15, 0.2) is 78.4 Å². The number of aliphatic hydroxyl groups is 1. The summed E-state index contributed by atoms with van der Waals surface area (Å²) in [5.74, 6) is -1.79. The molecule has 1 N–H and O–H groups in total. The van der Waals surface area contributed by atoms with Gasteiger partial charge in [-0.3, -0.25) is 19.1 Å². The third-order valence-electron chi connectivity index (χ3n) is 6.29. The molecule has 0 saturated carbocycles. The molecule has 0 bridgehead atoms. The van der Waals surface area contributed by atoms with Crippen molar-refractivity contribution in [1.29, 1.82) is 0 Å². The molecule has 188 valence electrons. The number of nitro benzene ring substituents is 1. The summed E-state index contributed by atoms with van der Waals surface area (Å²) in [5, 5.41) is 26.7. The Kier molecular flexibility index (Phi) is 5.84. The number of halogens is 2. The fraction of sp³-hybridized carbons (Fsp3) is 0.167. The van der Waals surface area contributed by atoms with Crippen molar-refractivity contribution in [3.05, 3.63) is 111 Å². The molecule has 37 heavy (non-hydrogen) atoms. The Morgan fingerprint density at radius 1 is 1.16 bits per heavy atom. The lowest BCUT2D eigenvalue weighted by molar-refractivity contribution is -0.384. The minimum atomic E-state index is -2.04. The van der Waals surface area contributed by atoms with Crippen LogP contribution in [0.4, 0.5) is 14.5 Å². The van der Waals surface area contributed by atoms with Crippen LogP contribution in [0.5, 0.6) is 0 Å². The van der Waals surface area contributed by atoms with Gasteiger partial charge >= 0.3 is 5.69 Å². The van der Waals surface area contributed by atoms with Gasteiger partial charge in [-0.25, -0.2) is 28.2 Å². The summed E-state index contributed by atoms with van der Waals surface area (Å²) >= 11 is 0. The van der Waals surface area contributed by atoms with Crippen LogP contribution in [0.2, 0.25) is 0 Å². The number of imidazole rings is 1. The number of hydrogen-bond acceptors (Lipinski definition) is 7. The molecule has 0 fully saturated rings. The minimum absolute atomic E-state index is 0.0802. The maximum absolute atomic E-state index is 14.9. The van der Waals surface area contributed by atoms with E-state index in [2.05, 4.69) is 15.1 Å². The van der Waals surface area contributed by atoms with Gasteiger partial charge < -0.3 is 5.11 Å². The SMILES string of the molecule is CC(n1ccc2nc(-c3ccc([N+](=O)[O-])cc3)cn2c1=O)C(O)(Cn1cncn1)c1ccc(F)cc1F. The first-order valence-corrected chi connectivity index (χ1v) is 11.0. The van der Waals surface area contributed by atoms with Gasteiger partial charge in [0.05, 0.1) is 23.2 Å². The zero-order valence-electron chi connectivity index (χ0n) is 19.3. The molecule has 2 unspecified atom stereocenters. The maximum Gasteiger partial charge on any atom is 0.334 e. The first kappa shape index (κ1) is 23.9. The van der Waals surface area contributed by atoms with E-state index >= 15 is 0 Å². The van der Waals surface area contributed by atoms with Gasteiger partial charge in [-0.2, -0.15) is 5.10 Å². The second-order valence-electron chi connectivity index (χ2n) is 8.48. The highest BCUT2D eigenvalue weighted by atomic mass is 19.1. The Morgan fingerprint density at radius 3 is 2.57 bits per heavy atom. The summed E-state index contributed by atoms with van der Waals surface area (Å²) in [6.07, 6.45) is 5.46. The van der Waals surface area contributed by atoms with Crippen LogP contribution in [0, 0.1) is 21.7 Å². The predicted molar refractivity (Wildman–Crippen MR) is 127 cm³/mol. The highest BCUT2D eigenvalue weighted by molar-refractivity contribution is 5.63. The van der Waals surface area contributed by atoms with Gasteiger partial charge in [-0.1, -0.05) is 6.07 Å². The number of aromatic nitrogens is 6. The predicted octanol–water partition coefficient (Wildman–Crippen LogP) is 3.09. The van der Waals surface area contributed by atoms with E-state index in [0.29, 0.717) is 23.0 Å². The highest BCUT2D eigenvalue weighted by Gasteiger charge is 2.41. The van der Waals surface area contributed by atoms with Crippen LogP contribution >= 0.6 is 0 Å². The Morgan fingerprint density at radius 2 is 1.92 bits per heavy atom. The molecule has 0 saturated heterocycles. The number of non-ortho nitro benzene ring substituents is 1. The van der Waals surface area contributed by atoms with Crippen LogP contribution in [0.3, 0.4) is 0 Å². The Balaban J connectivity index is 1.59. The van der Waals surface area contributed by atoms with Gasteiger partial charge in [0.25, 0.3) is 5.69 Å². The lowest BCUT2D eigenvalue weighted by atomic mass is 9.86. The summed E-state index contributed by atoms with van der Waals surface area (Å²) in [6.45, 7) is 1.25. The van der Waals surface area contributed by atoms with Gasteiger partial charge in [0, 0.05) is 41.7 Å². The summed E-state index contributed by atoms with van der Waals surface area (Å²) in [4.78, 5) is 32.1. The largest absolute Gasteiger partial charge is 0.381 e. The molecule has 0 aliphatic heterocycles. The Labute approximate surface area is 207 Å². The average Bonchev–Trinajstić information content (AvgIpc) is 3.54. The molecular weight excluding hydrogens is 488 g/mol. The molecule has 0 aliphatic carbocycles. The summed E-state index contributed by atoms with van der Waals surface area (Å²) in [5.41, 5.74) is -1.65. The molecule has 2 atom stereocenters. The van der Waals surface area contributed by atoms with Crippen molar-refractivity contribution < 1.29 is 18.8 Å². The van der Waals surface area contributed by atoms with Crippen molar-refractivity contribution in [2.75, 3.05) is 0 Å². The third-order valence-corrected chi connectivity index (χ3v) is 6.29. The van der Waals surface area contributed by atoms with Gasteiger partial charge in [-0.15, -0.1) is 0 Å². The van der Waals surface area contributed by atoms with Crippen LogP contribution in [0.1, 0.15) is 18.5 Å². The van der Waals surface area contributed by atoms with Crippen molar-refractivity contribution in [3.8, 4) is 11.3 Å². The second kappa shape index (κ2) is 9.02. The Bertz CT molecular complexity index is 1670. The third kappa shape index (κ3) is 4.25. The van der Waals surface area contributed by atoms with E-state index in [0.717, 1.165) is 12.1 Å². The number of nitrogens with zero attached hydrogens (tertiary/aromatic N) is 7. The number of nitro groups is 1. The van der Waals surface area contributed by atoms with Gasteiger partial charge in [0.2, 0.25) is 0 Å². The lowest BCUT2D eigenvalue weighted by Gasteiger charge is -2.35. The molecular formula is C24H19F2N7O4. The van der Waals surface area contributed by atoms with Gasteiger partial charge in [0.15, 0.2) is 0 Å². The van der Waals surface area contributed by atoms with Crippen molar-refractivity contribution in [2.45, 2.75) is 25.1 Å². The fourth-order valence-electron chi connectivity index (χ4n) is 4.26. The molecule has 5 rings (SSSR count). The molecule has 0 amide bonds. The van der Waals surface area contributed by atoms with E-state index < -0.39 is 33.9 Å². The van der Waals surface area contributed by atoms with Crippen LogP contribution < -0.4 is 5.69 Å². The first-order chi connectivity index (χ1) is 17.7. The van der Waals surface area contributed by atoms with Gasteiger partial charge in [-0.05, 0) is 31.2 Å². The van der Waals surface area contributed by atoms with E-state index in [1.807, 2.05) is 0 Å². The zero-order chi connectivity index (χ0) is 26.3. The van der Waals surface area contributed by atoms with Crippen LogP contribution in [-0.2, 0) is 12.1 Å². The monoisotopic (exact) mass is 507 g/mol. The van der Waals surface area contributed by atoms with Crippen molar-refractivity contribution in [3.63, 3.8) is 0 Å². The molecule has 13 heteroatoms. The molecule has 0 aliphatic rings. The smallest absolute Gasteiger partial charge is 0.334 e. The van der Waals surface area contributed by atoms with E-state index in [4.69, 9.17) is 0 Å². The maximum atomic E-state index is 14.9. The van der Waals surface area contributed by atoms with E-state index in [9.17, 15) is 28.8 Å². The fourth-order valence-corrected chi connectivity index (χ4v) is 4.26. The average molecular weight is 507 g/mol. The molecule has 0 spiro atoms. The Hall–Kier alpha value is -4.78. The van der Waals surface area contributed by atoms with Gasteiger partial charge in [0.1, 0.15) is 35.5 Å². The molecule has 0 radical (unpaired) electrons. The molecule has 11 nitrogen and oxygen atoms in total. The van der Waals surface area contributed by atoms with Crippen molar-refractivity contribution >= 4 is 11.3 Å². The van der Waals surface area contributed by atoms with E-state index in [1.165, 1.54) is 69.9 Å². The van der Waals surface area contributed by atoms with Crippen molar-refractivity contribution in [1.82, 2.24) is 28.7 Å². The summed E-state index contributed by atoms with van der Waals surface area (Å²) in [7, 11) is 0. The normalized spacial score (nSPS) is 13.9.